The number of nitrogens with zero attached hydrogens (tertiary/aromatic N) is 1. The van der Waals surface area contributed by atoms with E-state index >= 15 is 0 Å². The Morgan fingerprint density at radius 1 is 1.03 bits per heavy atom. The number of fused-ring (bicyclic) bond motifs is 1. The number of carbonyl (C=O) groups is 2. The molecule has 1 amide bonds. The van der Waals surface area contributed by atoms with Gasteiger partial charge in [-0.25, -0.2) is 17.6 Å². The molecule has 1 N–H and O–H groups in total. The van der Waals surface area contributed by atoms with Gasteiger partial charge in [0.2, 0.25) is 0 Å². The molecule has 0 atom stereocenters. The maximum Gasteiger partial charge on any atom is 0.338 e. The quantitative estimate of drug-likeness (QED) is 0.552. The van der Waals surface area contributed by atoms with Crippen molar-refractivity contribution in [1.29, 1.82) is 0 Å². The summed E-state index contributed by atoms with van der Waals surface area (Å²) in [4.78, 5) is 24.4. The Kier molecular flexibility index (Phi) is 6.15. The van der Waals surface area contributed by atoms with E-state index in [0.29, 0.717) is 23.4 Å². The first-order chi connectivity index (χ1) is 15.8. The average molecular weight is 469 g/mol. The summed E-state index contributed by atoms with van der Waals surface area (Å²) in [5.41, 5.74) is 2.28. The molecule has 1 aliphatic heterocycles. The molecule has 0 radical (unpaired) electrons. The Balaban J connectivity index is 1.56. The highest BCUT2D eigenvalue weighted by atomic mass is 32.2. The second kappa shape index (κ2) is 9.03. The van der Waals surface area contributed by atoms with Crippen LogP contribution < -0.4 is 9.62 Å². The summed E-state index contributed by atoms with van der Waals surface area (Å²) in [5.74, 6) is -1.53. The van der Waals surface area contributed by atoms with Crippen molar-refractivity contribution in [1.82, 2.24) is 0 Å². The van der Waals surface area contributed by atoms with Crippen molar-refractivity contribution < 1.29 is 27.1 Å². The van der Waals surface area contributed by atoms with Gasteiger partial charge in [-0.05, 0) is 73.5 Å². The van der Waals surface area contributed by atoms with E-state index in [-0.39, 0.29) is 23.6 Å². The van der Waals surface area contributed by atoms with Gasteiger partial charge in [-0.1, -0.05) is 12.1 Å². The van der Waals surface area contributed by atoms with Crippen LogP contribution in [0.25, 0.3) is 0 Å². The number of anilines is 2. The molecule has 0 fully saturated rings. The van der Waals surface area contributed by atoms with Crippen LogP contribution in [-0.2, 0) is 21.2 Å². The lowest BCUT2D eigenvalue weighted by atomic mass is 10.1. The van der Waals surface area contributed by atoms with Crippen LogP contribution in [0.4, 0.5) is 15.8 Å². The maximum atomic E-state index is 13.6. The molecular formula is C24H21FN2O5S. The van der Waals surface area contributed by atoms with E-state index in [9.17, 15) is 22.4 Å². The molecule has 4 rings (SSSR count). The minimum atomic E-state index is -3.98. The van der Waals surface area contributed by atoms with Crippen LogP contribution in [0.3, 0.4) is 0 Å². The first-order valence-corrected chi connectivity index (χ1v) is 11.7. The van der Waals surface area contributed by atoms with Gasteiger partial charge >= 0.3 is 5.97 Å². The van der Waals surface area contributed by atoms with Gasteiger partial charge in [0.1, 0.15) is 5.82 Å². The van der Waals surface area contributed by atoms with E-state index in [1.165, 1.54) is 28.6 Å². The highest BCUT2D eigenvalue weighted by Gasteiger charge is 2.31. The molecule has 7 nitrogen and oxygen atoms in total. The monoisotopic (exact) mass is 468 g/mol. The third-order valence-electron chi connectivity index (χ3n) is 5.24. The Labute approximate surface area is 190 Å². The van der Waals surface area contributed by atoms with Gasteiger partial charge in [-0.3, -0.25) is 9.10 Å². The van der Waals surface area contributed by atoms with Crippen molar-refractivity contribution >= 4 is 33.3 Å². The summed E-state index contributed by atoms with van der Waals surface area (Å²) < 4.78 is 45.9. The summed E-state index contributed by atoms with van der Waals surface area (Å²) in [6.07, 6.45) is 0.487. The van der Waals surface area contributed by atoms with Crippen LogP contribution in [-0.4, -0.2) is 33.4 Å². The zero-order chi connectivity index (χ0) is 23.6. The second-order valence-corrected chi connectivity index (χ2v) is 9.24. The SMILES string of the molecule is CCOC(=O)c1ccc(NC(=O)c2ccc3c(c2)N(S(=O)(=O)c2cccc(F)c2)CC3)cc1. The molecule has 3 aromatic carbocycles. The molecule has 33 heavy (non-hydrogen) atoms. The van der Waals surface area contributed by atoms with Gasteiger partial charge < -0.3 is 10.1 Å². The number of halogens is 1. The summed E-state index contributed by atoms with van der Waals surface area (Å²) in [6, 6.07) is 15.9. The lowest BCUT2D eigenvalue weighted by molar-refractivity contribution is 0.0526. The smallest absolute Gasteiger partial charge is 0.338 e. The molecule has 0 aliphatic carbocycles. The maximum absolute atomic E-state index is 13.6. The Morgan fingerprint density at radius 3 is 2.45 bits per heavy atom. The molecule has 0 unspecified atom stereocenters. The zero-order valence-electron chi connectivity index (χ0n) is 17.7. The highest BCUT2D eigenvalue weighted by molar-refractivity contribution is 7.92. The molecule has 1 heterocycles. The molecule has 3 aromatic rings. The number of hydrogen-bond donors (Lipinski definition) is 1. The Bertz CT molecular complexity index is 1320. The Morgan fingerprint density at radius 2 is 1.76 bits per heavy atom. The van der Waals surface area contributed by atoms with Gasteiger partial charge in [0, 0.05) is 17.8 Å². The van der Waals surface area contributed by atoms with Crippen LogP contribution in [0.15, 0.2) is 71.6 Å². The van der Waals surface area contributed by atoms with E-state index in [0.717, 1.165) is 11.6 Å². The Hall–Kier alpha value is -3.72. The van der Waals surface area contributed by atoms with Crippen molar-refractivity contribution in [2.75, 3.05) is 22.8 Å². The third kappa shape index (κ3) is 4.58. The number of benzene rings is 3. The van der Waals surface area contributed by atoms with Crippen molar-refractivity contribution in [3.8, 4) is 0 Å². The van der Waals surface area contributed by atoms with E-state index in [2.05, 4.69) is 5.32 Å². The lowest BCUT2D eigenvalue weighted by Gasteiger charge is -2.20. The van der Waals surface area contributed by atoms with Crippen molar-refractivity contribution in [2.45, 2.75) is 18.2 Å². The fourth-order valence-electron chi connectivity index (χ4n) is 3.60. The molecule has 0 aromatic heterocycles. The van der Waals surface area contributed by atoms with Crippen LogP contribution in [0.2, 0.25) is 0 Å². The zero-order valence-corrected chi connectivity index (χ0v) is 18.6. The second-order valence-electron chi connectivity index (χ2n) is 7.38. The number of amides is 1. The predicted octanol–water partition coefficient (Wildman–Crippen LogP) is 4.01. The minimum absolute atomic E-state index is 0.146. The number of hydrogen-bond acceptors (Lipinski definition) is 5. The number of ether oxygens (including phenoxy) is 1. The minimum Gasteiger partial charge on any atom is -0.462 e. The summed E-state index contributed by atoms with van der Waals surface area (Å²) in [7, 11) is -3.98. The fourth-order valence-corrected chi connectivity index (χ4v) is 5.13. The fraction of sp³-hybridized carbons (Fsp3) is 0.167. The van der Waals surface area contributed by atoms with E-state index < -0.39 is 27.7 Å². The first kappa shape index (κ1) is 22.5. The number of carbonyl (C=O) groups excluding carboxylic acids is 2. The third-order valence-corrected chi connectivity index (χ3v) is 7.05. The van der Waals surface area contributed by atoms with Gasteiger partial charge in [0.15, 0.2) is 0 Å². The van der Waals surface area contributed by atoms with Crippen LogP contribution >= 0.6 is 0 Å². The normalized spacial score (nSPS) is 12.8. The largest absolute Gasteiger partial charge is 0.462 e. The number of esters is 1. The molecule has 9 heteroatoms. The van der Waals surface area contributed by atoms with E-state index in [1.807, 2.05) is 0 Å². The standard InChI is InChI=1S/C24H21FN2O5S/c1-2-32-24(29)17-8-10-20(11-9-17)26-23(28)18-7-6-16-12-13-27(22(16)14-18)33(30,31)21-5-3-4-19(25)15-21/h3-11,14-15H,2,12-13H2,1H3,(H,26,28). The van der Waals surface area contributed by atoms with Crippen LogP contribution in [0.5, 0.6) is 0 Å². The summed E-state index contributed by atoms with van der Waals surface area (Å²) in [5, 5.41) is 2.73. The average Bonchev–Trinajstić information content (AvgIpc) is 3.24. The molecule has 0 saturated carbocycles. The molecule has 1 aliphatic rings. The molecule has 170 valence electrons. The topological polar surface area (TPSA) is 92.8 Å². The first-order valence-electron chi connectivity index (χ1n) is 10.3. The van der Waals surface area contributed by atoms with E-state index in [1.54, 1.807) is 43.3 Å². The molecule has 0 spiro atoms. The van der Waals surface area contributed by atoms with Gasteiger partial charge in [-0.2, -0.15) is 0 Å². The molecule has 0 bridgehead atoms. The van der Waals surface area contributed by atoms with Crippen molar-refractivity contribution in [3.63, 3.8) is 0 Å². The van der Waals surface area contributed by atoms with Gasteiger partial charge in [0.25, 0.3) is 15.9 Å². The van der Waals surface area contributed by atoms with Crippen molar-refractivity contribution in [2.24, 2.45) is 0 Å². The molecular weight excluding hydrogens is 447 g/mol. The van der Waals surface area contributed by atoms with Crippen LogP contribution in [0, 0.1) is 5.82 Å². The van der Waals surface area contributed by atoms with Crippen LogP contribution in [0.1, 0.15) is 33.2 Å². The highest BCUT2D eigenvalue weighted by Crippen LogP contribution is 2.34. The predicted molar refractivity (Wildman–Crippen MR) is 121 cm³/mol. The summed E-state index contributed by atoms with van der Waals surface area (Å²) >= 11 is 0. The number of sulfonamides is 1. The summed E-state index contributed by atoms with van der Waals surface area (Å²) in [6.45, 7) is 2.18. The van der Waals surface area contributed by atoms with Gasteiger partial charge in [-0.15, -0.1) is 0 Å². The van der Waals surface area contributed by atoms with Crippen molar-refractivity contribution in [3.05, 3.63) is 89.2 Å². The molecule has 0 saturated heterocycles. The number of rotatable bonds is 6. The van der Waals surface area contributed by atoms with Gasteiger partial charge in [0.05, 0.1) is 22.8 Å². The number of nitrogens with one attached hydrogen (secondary N) is 1. The van der Waals surface area contributed by atoms with E-state index in [4.69, 9.17) is 4.74 Å². The lowest BCUT2D eigenvalue weighted by Crippen LogP contribution is -2.29.